The summed E-state index contributed by atoms with van der Waals surface area (Å²) in [5, 5.41) is 2.64. The van der Waals surface area contributed by atoms with Crippen molar-refractivity contribution in [3.8, 4) is 0 Å². The van der Waals surface area contributed by atoms with Gasteiger partial charge in [-0.15, -0.1) is 0 Å². The standard InChI is InChI=1S/C7H14N2O.C4H7NO/c1-6-3-2-4-9(6)7(10)5-8;6-3-5-4-1-2-4/h6H,2-5,8H2,1H3;3-4H,1-2H2,(H,5,6)/t6-;/m1./s1. The Hall–Kier alpha value is -1.10. The highest BCUT2D eigenvalue weighted by molar-refractivity contribution is 5.78. The number of carbonyl (C=O) groups is 2. The van der Waals surface area contributed by atoms with Crippen LogP contribution in [-0.4, -0.2) is 42.4 Å². The molecule has 0 aromatic rings. The molecule has 2 amide bonds. The first-order valence-corrected chi connectivity index (χ1v) is 5.88. The summed E-state index contributed by atoms with van der Waals surface area (Å²) in [6.45, 7) is 3.13. The van der Waals surface area contributed by atoms with Crippen LogP contribution in [0.5, 0.6) is 0 Å². The Morgan fingerprint density at radius 3 is 2.50 bits per heavy atom. The highest BCUT2D eigenvalue weighted by Crippen LogP contribution is 2.17. The number of rotatable bonds is 3. The van der Waals surface area contributed by atoms with E-state index in [0.29, 0.717) is 12.1 Å². The topological polar surface area (TPSA) is 75.4 Å². The van der Waals surface area contributed by atoms with Crippen LogP contribution < -0.4 is 11.1 Å². The SMILES string of the molecule is C[C@@H]1CCCN1C(=O)CN.O=CNC1CC1. The van der Waals surface area contributed by atoms with Gasteiger partial charge in [-0.2, -0.15) is 0 Å². The number of carbonyl (C=O) groups excluding carboxylic acids is 2. The first kappa shape index (κ1) is 13.0. The van der Waals surface area contributed by atoms with E-state index in [0.717, 1.165) is 25.8 Å². The Bertz CT molecular complexity index is 241. The summed E-state index contributed by atoms with van der Waals surface area (Å²) in [6, 6.07) is 0.943. The molecule has 0 bridgehead atoms. The Kier molecular flexibility index (Phi) is 5.25. The van der Waals surface area contributed by atoms with E-state index < -0.39 is 0 Å². The summed E-state index contributed by atoms with van der Waals surface area (Å²) in [7, 11) is 0. The monoisotopic (exact) mass is 227 g/mol. The molecular formula is C11H21N3O2. The van der Waals surface area contributed by atoms with Crippen molar-refractivity contribution in [2.75, 3.05) is 13.1 Å². The third-order valence-corrected chi connectivity index (χ3v) is 2.93. The van der Waals surface area contributed by atoms with E-state index in [1.165, 1.54) is 12.8 Å². The predicted molar refractivity (Wildman–Crippen MR) is 61.7 cm³/mol. The van der Waals surface area contributed by atoms with Crippen molar-refractivity contribution in [3.05, 3.63) is 0 Å². The normalized spacial score (nSPS) is 23.4. The highest BCUT2D eigenvalue weighted by atomic mass is 16.2. The zero-order valence-corrected chi connectivity index (χ0v) is 9.82. The number of hydrogen-bond donors (Lipinski definition) is 2. The second-order valence-corrected chi connectivity index (χ2v) is 4.34. The van der Waals surface area contributed by atoms with E-state index in [9.17, 15) is 9.59 Å². The zero-order valence-electron chi connectivity index (χ0n) is 9.82. The van der Waals surface area contributed by atoms with E-state index >= 15 is 0 Å². The molecule has 1 aliphatic carbocycles. The number of nitrogens with zero attached hydrogens (tertiary/aromatic N) is 1. The van der Waals surface area contributed by atoms with E-state index in [2.05, 4.69) is 12.2 Å². The van der Waals surface area contributed by atoms with Crippen molar-refractivity contribution in [2.45, 2.75) is 44.7 Å². The van der Waals surface area contributed by atoms with E-state index in [-0.39, 0.29) is 12.5 Å². The van der Waals surface area contributed by atoms with Crippen LogP contribution in [0.1, 0.15) is 32.6 Å². The van der Waals surface area contributed by atoms with Crippen molar-refractivity contribution >= 4 is 12.3 Å². The Morgan fingerprint density at radius 2 is 2.19 bits per heavy atom. The summed E-state index contributed by atoms with van der Waals surface area (Å²) in [5.74, 6) is 0.0880. The molecular weight excluding hydrogens is 206 g/mol. The predicted octanol–water partition coefficient (Wildman–Crippen LogP) is -0.149. The summed E-state index contributed by atoms with van der Waals surface area (Å²) >= 11 is 0. The van der Waals surface area contributed by atoms with E-state index in [1.54, 1.807) is 0 Å². The quantitative estimate of drug-likeness (QED) is 0.658. The van der Waals surface area contributed by atoms with Gasteiger partial charge in [-0.05, 0) is 32.6 Å². The number of hydrogen-bond acceptors (Lipinski definition) is 3. The lowest BCUT2D eigenvalue weighted by Gasteiger charge is -2.19. The summed E-state index contributed by atoms with van der Waals surface area (Å²) < 4.78 is 0. The van der Waals surface area contributed by atoms with Crippen LogP contribution in [-0.2, 0) is 9.59 Å². The average Bonchev–Trinajstić information content (AvgIpc) is 2.99. The fraction of sp³-hybridized carbons (Fsp3) is 0.818. The molecule has 2 fully saturated rings. The molecule has 0 aromatic heterocycles. The number of nitrogens with one attached hydrogen (secondary N) is 1. The lowest BCUT2D eigenvalue weighted by molar-refractivity contribution is -0.130. The summed E-state index contributed by atoms with van der Waals surface area (Å²) in [4.78, 5) is 22.4. The Morgan fingerprint density at radius 1 is 1.50 bits per heavy atom. The van der Waals surface area contributed by atoms with Gasteiger partial charge in [-0.25, -0.2) is 0 Å². The molecule has 1 saturated heterocycles. The second-order valence-electron chi connectivity index (χ2n) is 4.34. The lowest BCUT2D eigenvalue weighted by Crippen LogP contribution is -2.37. The van der Waals surface area contributed by atoms with Gasteiger partial charge in [-0.3, -0.25) is 9.59 Å². The van der Waals surface area contributed by atoms with Crippen LogP contribution >= 0.6 is 0 Å². The maximum atomic E-state index is 11.0. The van der Waals surface area contributed by atoms with Gasteiger partial charge in [0.25, 0.3) is 0 Å². The van der Waals surface area contributed by atoms with Crippen molar-refractivity contribution in [3.63, 3.8) is 0 Å². The smallest absolute Gasteiger partial charge is 0.236 e. The fourth-order valence-electron chi connectivity index (χ4n) is 1.77. The first-order valence-electron chi connectivity index (χ1n) is 5.88. The van der Waals surface area contributed by atoms with E-state index in [1.807, 2.05) is 4.90 Å². The van der Waals surface area contributed by atoms with Crippen LogP contribution in [0.25, 0.3) is 0 Å². The molecule has 1 aliphatic heterocycles. The molecule has 5 nitrogen and oxygen atoms in total. The number of likely N-dealkylation sites (tertiary alicyclic amines) is 1. The van der Waals surface area contributed by atoms with Crippen LogP contribution in [0.2, 0.25) is 0 Å². The molecule has 3 N–H and O–H groups in total. The largest absolute Gasteiger partial charge is 0.356 e. The molecule has 92 valence electrons. The average molecular weight is 227 g/mol. The minimum absolute atomic E-state index is 0.0880. The Labute approximate surface area is 96.4 Å². The van der Waals surface area contributed by atoms with Gasteiger partial charge < -0.3 is 16.0 Å². The third-order valence-electron chi connectivity index (χ3n) is 2.93. The molecule has 1 atom stereocenters. The zero-order chi connectivity index (χ0) is 12.0. The van der Waals surface area contributed by atoms with Gasteiger partial charge >= 0.3 is 0 Å². The van der Waals surface area contributed by atoms with Gasteiger partial charge in [0.2, 0.25) is 12.3 Å². The maximum absolute atomic E-state index is 11.0. The highest BCUT2D eigenvalue weighted by Gasteiger charge is 2.23. The van der Waals surface area contributed by atoms with Crippen molar-refractivity contribution in [1.29, 1.82) is 0 Å². The molecule has 0 radical (unpaired) electrons. The minimum Gasteiger partial charge on any atom is -0.356 e. The van der Waals surface area contributed by atoms with Gasteiger partial charge in [0.1, 0.15) is 0 Å². The molecule has 1 saturated carbocycles. The molecule has 2 aliphatic rings. The second kappa shape index (κ2) is 6.48. The molecule has 0 aromatic carbocycles. The third kappa shape index (κ3) is 4.18. The first-order chi connectivity index (χ1) is 7.69. The van der Waals surface area contributed by atoms with Gasteiger partial charge in [0.05, 0.1) is 6.54 Å². The van der Waals surface area contributed by atoms with Crippen LogP contribution in [0.4, 0.5) is 0 Å². The lowest BCUT2D eigenvalue weighted by atomic mass is 10.2. The maximum Gasteiger partial charge on any atom is 0.236 e. The van der Waals surface area contributed by atoms with Gasteiger partial charge in [0.15, 0.2) is 0 Å². The van der Waals surface area contributed by atoms with Gasteiger partial charge in [0, 0.05) is 18.6 Å². The van der Waals surface area contributed by atoms with Crippen molar-refractivity contribution < 1.29 is 9.59 Å². The van der Waals surface area contributed by atoms with Crippen molar-refractivity contribution in [2.24, 2.45) is 5.73 Å². The van der Waals surface area contributed by atoms with Crippen LogP contribution in [0, 0.1) is 0 Å². The fourth-order valence-corrected chi connectivity index (χ4v) is 1.77. The van der Waals surface area contributed by atoms with E-state index in [4.69, 9.17) is 5.73 Å². The van der Waals surface area contributed by atoms with Crippen LogP contribution in [0.3, 0.4) is 0 Å². The minimum atomic E-state index is 0.0880. The molecule has 0 unspecified atom stereocenters. The molecule has 16 heavy (non-hydrogen) atoms. The molecule has 1 heterocycles. The van der Waals surface area contributed by atoms with Crippen LogP contribution in [0.15, 0.2) is 0 Å². The summed E-state index contributed by atoms with van der Waals surface area (Å²) in [6.07, 6.45) is 5.38. The molecule has 5 heteroatoms. The molecule has 0 spiro atoms. The number of amides is 2. The Balaban J connectivity index is 0.000000181. The number of nitrogens with two attached hydrogens (primary N) is 1. The van der Waals surface area contributed by atoms with Gasteiger partial charge in [-0.1, -0.05) is 0 Å². The van der Waals surface area contributed by atoms with Crippen molar-refractivity contribution in [1.82, 2.24) is 10.2 Å². The molecule has 2 rings (SSSR count). The summed E-state index contributed by atoms with van der Waals surface area (Å²) in [5.41, 5.74) is 5.22.